The van der Waals surface area contributed by atoms with Crippen LogP contribution in [0.25, 0.3) is 10.8 Å². The normalized spacial score (nSPS) is 14.4. The molecule has 0 N–H and O–H groups in total. The smallest absolute Gasteiger partial charge is 0.261 e. The molecule has 1 aliphatic heterocycles. The number of benzene rings is 2. The van der Waals surface area contributed by atoms with Crippen molar-refractivity contribution in [2.75, 3.05) is 27.2 Å². The van der Waals surface area contributed by atoms with E-state index in [2.05, 4.69) is 0 Å². The van der Waals surface area contributed by atoms with Gasteiger partial charge in [0, 0.05) is 18.1 Å². The van der Waals surface area contributed by atoms with E-state index < -0.39 is 0 Å². The van der Waals surface area contributed by atoms with Crippen molar-refractivity contribution in [2.24, 2.45) is 0 Å². The van der Waals surface area contributed by atoms with E-state index in [1.54, 1.807) is 24.3 Å². The second kappa shape index (κ2) is 5.13. The van der Waals surface area contributed by atoms with Gasteiger partial charge in [-0.25, -0.2) is 0 Å². The van der Waals surface area contributed by atoms with Crippen molar-refractivity contribution in [3.05, 3.63) is 46.5 Å². The summed E-state index contributed by atoms with van der Waals surface area (Å²) in [7, 11) is 3.82. The van der Waals surface area contributed by atoms with E-state index in [1.165, 1.54) is 4.90 Å². The molecule has 0 aliphatic carbocycles. The molecule has 2 amide bonds. The molecule has 4 nitrogen and oxygen atoms in total. The lowest BCUT2D eigenvalue weighted by Crippen LogP contribution is -2.35. The van der Waals surface area contributed by atoms with E-state index in [0.717, 1.165) is 10.8 Å². The Hall–Kier alpha value is -1.91. The number of amides is 2. The SMILES string of the molecule is CN(C)CCN1C(=O)c2cc3ccc(Cl)cc3cc2C1=O. The highest BCUT2D eigenvalue weighted by Gasteiger charge is 2.35. The van der Waals surface area contributed by atoms with Gasteiger partial charge in [-0.15, -0.1) is 0 Å². The van der Waals surface area contributed by atoms with Crippen LogP contribution >= 0.6 is 11.6 Å². The maximum Gasteiger partial charge on any atom is 0.261 e. The first-order chi connectivity index (χ1) is 9.97. The summed E-state index contributed by atoms with van der Waals surface area (Å²) < 4.78 is 0. The summed E-state index contributed by atoms with van der Waals surface area (Å²) in [5.41, 5.74) is 0.946. The third kappa shape index (κ3) is 2.41. The van der Waals surface area contributed by atoms with E-state index in [1.807, 2.05) is 25.1 Å². The molecule has 0 saturated carbocycles. The molecule has 0 fully saturated rings. The summed E-state index contributed by atoms with van der Waals surface area (Å²) in [5, 5.41) is 2.40. The Morgan fingerprint density at radius 3 is 2.24 bits per heavy atom. The highest BCUT2D eigenvalue weighted by atomic mass is 35.5. The van der Waals surface area contributed by atoms with Crippen LogP contribution in [0.1, 0.15) is 20.7 Å². The summed E-state index contributed by atoms with van der Waals surface area (Å²) in [6.07, 6.45) is 0. The van der Waals surface area contributed by atoms with Crippen molar-refractivity contribution in [1.29, 1.82) is 0 Å². The van der Waals surface area contributed by atoms with Gasteiger partial charge in [0.15, 0.2) is 0 Å². The molecular weight excluding hydrogens is 288 g/mol. The predicted octanol–water partition coefficient (Wildman–Crippen LogP) is 2.65. The third-order valence-electron chi connectivity index (χ3n) is 3.66. The van der Waals surface area contributed by atoms with Crippen molar-refractivity contribution >= 4 is 34.2 Å². The van der Waals surface area contributed by atoms with Gasteiger partial charge < -0.3 is 4.90 Å². The van der Waals surface area contributed by atoms with Gasteiger partial charge in [-0.05, 0) is 49.1 Å². The topological polar surface area (TPSA) is 40.6 Å². The maximum atomic E-state index is 12.4. The average Bonchev–Trinajstić information content (AvgIpc) is 2.66. The Bertz CT molecular complexity index is 755. The van der Waals surface area contributed by atoms with Gasteiger partial charge >= 0.3 is 0 Å². The average molecular weight is 303 g/mol. The van der Waals surface area contributed by atoms with Gasteiger partial charge in [0.25, 0.3) is 11.8 Å². The highest BCUT2D eigenvalue weighted by molar-refractivity contribution is 6.31. The molecule has 2 aromatic rings. The molecule has 0 bridgehead atoms. The fraction of sp³-hybridized carbons (Fsp3) is 0.250. The molecular formula is C16H15ClN2O2. The van der Waals surface area contributed by atoms with E-state index in [9.17, 15) is 9.59 Å². The minimum Gasteiger partial charge on any atom is -0.308 e. The minimum atomic E-state index is -0.223. The molecule has 0 atom stereocenters. The van der Waals surface area contributed by atoms with E-state index >= 15 is 0 Å². The number of carbonyl (C=O) groups excluding carboxylic acids is 2. The number of likely N-dealkylation sites (N-methyl/N-ethyl adjacent to an activating group) is 1. The lowest BCUT2D eigenvalue weighted by Gasteiger charge is -2.16. The van der Waals surface area contributed by atoms with Crippen LogP contribution in [0.15, 0.2) is 30.3 Å². The van der Waals surface area contributed by atoms with Gasteiger partial charge in [-0.1, -0.05) is 17.7 Å². The molecule has 0 spiro atoms. The summed E-state index contributed by atoms with van der Waals surface area (Å²) in [6.45, 7) is 1.05. The van der Waals surface area contributed by atoms with Crippen molar-refractivity contribution in [3.8, 4) is 0 Å². The van der Waals surface area contributed by atoms with Crippen LogP contribution in [0.5, 0.6) is 0 Å². The van der Waals surface area contributed by atoms with E-state index in [-0.39, 0.29) is 11.8 Å². The number of nitrogens with zero attached hydrogens (tertiary/aromatic N) is 2. The second-order valence-corrected chi connectivity index (χ2v) is 5.89. The van der Waals surface area contributed by atoms with E-state index in [0.29, 0.717) is 29.2 Å². The number of halogens is 1. The van der Waals surface area contributed by atoms with Crippen LogP contribution < -0.4 is 0 Å². The van der Waals surface area contributed by atoms with Crippen LogP contribution in [-0.4, -0.2) is 48.8 Å². The Labute approximate surface area is 127 Å². The number of carbonyl (C=O) groups is 2. The zero-order valence-corrected chi connectivity index (χ0v) is 12.6. The van der Waals surface area contributed by atoms with Gasteiger partial charge in [0.05, 0.1) is 11.1 Å². The number of fused-ring (bicyclic) bond motifs is 2. The first kappa shape index (κ1) is 14.0. The molecule has 3 rings (SSSR count). The third-order valence-corrected chi connectivity index (χ3v) is 3.90. The maximum absolute atomic E-state index is 12.4. The monoisotopic (exact) mass is 302 g/mol. The van der Waals surface area contributed by atoms with Gasteiger partial charge in [0.2, 0.25) is 0 Å². The molecule has 0 saturated heterocycles. The highest BCUT2D eigenvalue weighted by Crippen LogP contribution is 2.29. The summed E-state index contributed by atoms with van der Waals surface area (Å²) >= 11 is 5.98. The fourth-order valence-electron chi connectivity index (χ4n) is 2.51. The van der Waals surface area contributed by atoms with Gasteiger partial charge in [-0.2, -0.15) is 0 Å². The molecule has 5 heteroatoms. The number of imide groups is 1. The Morgan fingerprint density at radius 2 is 1.62 bits per heavy atom. The van der Waals surface area contributed by atoms with Gasteiger partial charge in [0.1, 0.15) is 0 Å². The van der Waals surface area contributed by atoms with Crippen molar-refractivity contribution in [1.82, 2.24) is 9.80 Å². The molecule has 0 radical (unpaired) electrons. The van der Waals surface area contributed by atoms with Crippen LogP contribution in [0.2, 0.25) is 5.02 Å². The lowest BCUT2D eigenvalue weighted by atomic mass is 10.0. The van der Waals surface area contributed by atoms with Crippen molar-refractivity contribution in [3.63, 3.8) is 0 Å². The van der Waals surface area contributed by atoms with Gasteiger partial charge in [-0.3, -0.25) is 14.5 Å². The number of hydrogen-bond acceptors (Lipinski definition) is 3. The summed E-state index contributed by atoms with van der Waals surface area (Å²) in [4.78, 5) is 28.0. The van der Waals surface area contributed by atoms with Crippen LogP contribution in [0.3, 0.4) is 0 Å². The Morgan fingerprint density at radius 1 is 1.00 bits per heavy atom. The first-order valence-electron chi connectivity index (χ1n) is 6.71. The predicted molar refractivity (Wildman–Crippen MR) is 82.9 cm³/mol. The van der Waals surface area contributed by atoms with E-state index in [4.69, 9.17) is 11.6 Å². The number of rotatable bonds is 3. The molecule has 2 aromatic carbocycles. The second-order valence-electron chi connectivity index (χ2n) is 5.45. The zero-order chi connectivity index (χ0) is 15.1. The Kier molecular flexibility index (Phi) is 3.43. The quantitative estimate of drug-likeness (QED) is 0.819. The fourth-order valence-corrected chi connectivity index (χ4v) is 2.69. The molecule has 1 aliphatic rings. The van der Waals surface area contributed by atoms with Crippen molar-refractivity contribution < 1.29 is 9.59 Å². The Balaban J connectivity index is 2.03. The lowest BCUT2D eigenvalue weighted by molar-refractivity contribution is 0.0645. The van der Waals surface area contributed by atoms with Crippen LogP contribution in [0, 0.1) is 0 Å². The molecule has 108 valence electrons. The standard InChI is InChI=1S/C16H15ClN2O2/c1-18(2)5-6-19-15(20)13-8-10-3-4-12(17)7-11(10)9-14(13)16(19)21/h3-4,7-9H,5-6H2,1-2H3. The van der Waals surface area contributed by atoms with Crippen LogP contribution in [-0.2, 0) is 0 Å². The summed E-state index contributed by atoms with van der Waals surface area (Å²) in [5.74, 6) is -0.438. The molecule has 21 heavy (non-hydrogen) atoms. The zero-order valence-electron chi connectivity index (χ0n) is 11.9. The minimum absolute atomic E-state index is 0.214. The van der Waals surface area contributed by atoms with Crippen LogP contribution in [0.4, 0.5) is 0 Å². The summed E-state index contributed by atoms with van der Waals surface area (Å²) in [6, 6.07) is 8.97. The molecule has 0 aromatic heterocycles. The number of hydrogen-bond donors (Lipinski definition) is 0. The molecule has 0 unspecified atom stereocenters. The molecule has 1 heterocycles. The largest absolute Gasteiger partial charge is 0.308 e. The first-order valence-corrected chi connectivity index (χ1v) is 7.09. The van der Waals surface area contributed by atoms with Crippen molar-refractivity contribution in [2.45, 2.75) is 0 Å².